The summed E-state index contributed by atoms with van der Waals surface area (Å²) in [6.07, 6.45) is 0. The fourth-order valence-corrected chi connectivity index (χ4v) is 1.04. The lowest BCUT2D eigenvalue weighted by Gasteiger charge is -2.35. The van der Waals surface area contributed by atoms with Gasteiger partial charge in [0.15, 0.2) is 0 Å². The zero-order chi connectivity index (χ0) is 13.5. The van der Waals surface area contributed by atoms with Gasteiger partial charge in [0, 0.05) is 0 Å². The van der Waals surface area contributed by atoms with E-state index in [1.54, 1.807) is 0 Å². The third-order valence-electron chi connectivity index (χ3n) is 2.05. The highest BCUT2D eigenvalue weighted by atomic mass is 19.4. The molecule has 1 heterocycles. The lowest BCUT2D eigenvalue weighted by Crippen LogP contribution is -2.63. The molecule has 0 saturated carbocycles. The monoisotopic (exact) mass is 274 g/mol. The molecule has 1 fully saturated rings. The molecule has 0 atom stereocenters. The molecule has 0 amide bonds. The van der Waals surface area contributed by atoms with Gasteiger partial charge in [0.25, 0.3) is 0 Å². The number of rotatable bonds is 0. The standard InChI is InChI=1S/C7H6F8O2/c8-4(9)1-16-3-17-2-5(10,11)7(14,15)6(4,12)13/h1-3H2. The Morgan fingerprint density at radius 3 is 1.18 bits per heavy atom. The average Bonchev–Trinajstić information content (AvgIpc) is 2.16. The van der Waals surface area contributed by atoms with Crippen molar-refractivity contribution in [3.8, 4) is 0 Å². The predicted molar refractivity (Wildman–Crippen MR) is 36.6 cm³/mol. The van der Waals surface area contributed by atoms with E-state index in [0.717, 1.165) is 0 Å². The van der Waals surface area contributed by atoms with Crippen molar-refractivity contribution in [1.29, 1.82) is 0 Å². The van der Waals surface area contributed by atoms with E-state index >= 15 is 0 Å². The minimum absolute atomic E-state index is 1.21. The van der Waals surface area contributed by atoms with Crippen LogP contribution in [0.2, 0.25) is 0 Å². The molecule has 17 heavy (non-hydrogen) atoms. The maximum atomic E-state index is 12.8. The second-order valence-electron chi connectivity index (χ2n) is 3.37. The van der Waals surface area contributed by atoms with E-state index in [2.05, 4.69) is 9.47 Å². The number of alkyl halides is 8. The Bertz CT molecular complexity index is 262. The Hall–Kier alpha value is -0.640. The van der Waals surface area contributed by atoms with E-state index in [-0.39, 0.29) is 0 Å². The molecule has 0 aliphatic carbocycles. The molecule has 10 heteroatoms. The molecule has 0 aromatic carbocycles. The van der Waals surface area contributed by atoms with Crippen LogP contribution in [0.25, 0.3) is 0 Å². The molecule has 0 radical (unpaired) electrons. The second-order valence-corrected chi connectivity index (χ2v) is 3.37. The first kappa shape index (κ1) is 14.4. The normalized spacial score (nSPS) is 31.1. The van der Waals surface area contributed by atoms with Crippen LogP contribution in [0, 0.1) is 0 Å². The topological polar surface area (TPSA) is 18.5 Å². The fourth-order valence-electron chi connectivity index (χ4n) is 1.04. The highest BCUT2D eigenvalue weighted by Crippen LogP contribution is 2.52. The molecule has 0 unspecified atom stereocenters. The average molecular weight is 274 g/mol. The first-order valence-corrected chi connectivity index (χ1v) is 4.12. The van der Waals surface area contributed by atoms with Crippen molar-refractivity contribution in [3.05, 3.63) is 0 Å². The molecule has 1 saturated heterocycles. The lowest BCUT2D eigenvalue weighted by atomic mass is 9.99. The van der Waals surface area contributed by atoms with Crippen LogP contribution in [0.4, 0.5) is 35.1 Å². The van der Waals surface area contributed by atoms with Gasteiger partial charge in [-0.1, -0.05) is 0 Å². The van der Waals surface area contributed by atoms with Gasteiger partial charge in [0.05, 0.1) is 0 Å². The molecular formula is C7H6F8O2. The summed E-state index contributed by atoms with van der Waals surface area (Å²) in [5, 5.41) is 0. The van der Waals surface area contributed by atoms with Crippen LogP contribution in [0.3, 0.4) is 0 Å². The summed E-state index contributed by atoms with van der Waals surface area (Å²) < 4.78 is 109. The van der Waals surface area contributed by atoms with Gasteiger partial charge >= 0.3 is 23.7 Å². The van der Waals surface area contributed by atoms with Crippen LogP contribution in [-0.4, -0.2) is 43.7 Å². The van der Waals surface area contributed by atoms with Gasteiger partial charge in [-0.25, -0.2) is 0 Å². The molecule has 1 aliphatic heterocycles. The van der Waals surface area contributed by atoms with E-state index in [9.17, 15) is 35.1 Å². The van der Waals surface area contributed by atoms with Gasteiger partial charge in [-0.2, -0.15) is 35.1 Å². The smallest absolute Gasteiger partial charge is 0.349 e. The van der Waals surface area contributed by atoms with Crippen LogP contribution in [-0.2, 0) is 9.47 Å². The summed E-state index contributed by atoms with van der Waals surface area (Å²) in [4.78, 5) is 0. The van der Waals surface area contributed by atoms with Gasteiger partial charge in [-0.15, -0.1) is 0 Å². The molecule has 1 rings (SSSR count). The van der Waals surface area contributed by atoms with Crippen LogP contribution >= 0.6 is 0 Å². The molecule has 0 bridgehead atoms. The van der Waals surface area contributed by atoms with E-state index < -0.39 is 43.7 Å². The number of hydrogen-bond acceptors (Lipinski definition) is 2. The zero-order valence-electron chi connectivity index (χ0n) is 7.96. The highest BCUT2D eigenvalue weighted by Gasteiger charge is 2.80. The fraction of sp³-hybridized carbons (Fsp3) is 1.00. The van der Waals surface area contributed by atoms with Crippen molar-refractivity contribution in [2.45, 2.75) is 23.7 Å². The van der Waals surface area contributed by atoms with Crippen molar-refractivity contribution in [2.75, 3.05) is 20.0 Å². The van der Waals surface area contributed by atoms with Gasteiger partial charge in [0.2, 0.25) is 0 Å². The predicted octanol–water partition coefficient (Wildman–Crippen LogP) is 2.53. The third-order valence-corrected chi connectivity index (χ3v) is 2.05. The van der Waals surface area contributed by atoms with Gasteiger partial charge in [-0.05, 0) is 0 Å². The first-order chi connectivity index (χ1) is 7.46. The molecule has 0 aromatic heterocycles. The lowest BCUT2D eigenvalue weighted by molar-refractivity contribution is -0.369. The third kappa shape index (κ3) is 2.07. The van der Waals surface area contributed by atoms with Crippen molar-refractivity contribution in [2.24, 2.45) is 0 Å². The van der Waals surface area contributed by atoms with Crippen molar-refractivity contribution in [3.63, 3.8) is 0 Å². The summed E-state index contributed by atoms with van der Waals surface area (Å²) in [5.41, 5.74) is 0. The minimum Gasteiger partial charge on any atom is -0.349 e. The Morgan fingerprint density at radius 2 is 0.882 bits per heavy atom. The minimum atomic E-state index is -6.25. The molecule has 0 spiro atoms. The van der Waals surface area contributed by atoms with Crippen molar-refractivity contribution < 1.29 is 44.6 Å². The molecule has 1 aliphatic rings. The summed E-state index contributed by atoms with van der Waals surface area (Å²) in [5.74, 6) is -23.4. The Morgan fingerprint density at radius 1 is 0.588 bits per heavy atom. The summed E-state index contributed by atoms with van der Waals surface area (Å²) in [7, 11) is 0. The van der Waals surface area contributed by atoms with Crippen molar-refractivity contribution in [1.82, 2.24) is 0 Å². The van der Waals surface area contributed by atoms with Gasteiger partial charge in [0.1, 0.15) is 20.0 Å². The molecule has 2 nitrogen and oxygen atoms in total. The summed E-state index contributed by atoms with van der Waals surface area (Å²) in [6, 6.07) is 0. The number of halogens is 8. The SMILES string of the molecule is FC1(F)COCOCC(F)(F)C(F)(F)C1(F)F. The van der Waals surface area contributed by atoms with Gasteiger partial charge < -0.3 is 9.47 Å². The van der Waals surface area contributed by atoms with E-state index in [0.29, 0.717) is 0 Å². The quantitative estimate of drug-likeness (QED) is 0.632. The van der Waals surface area contributed by atoms with E-state index in [4.69, 9.17) is 0 Å². The molecular weight excluding hydrogens is 268 g/mol. The molecule has 0 N–H and O–H groups in total. The maximum Gasteiger partial charge on any atom is 0.380 e. The Kier molecular flexibility index (Phi) is 3.34. The Balaban J connectivity index is 3.23. The van der Waals surface area contributed by atoms with Crippen LogP contribution in [0.5, 0.6) is 0 Å². The number of ether oxygens (including phenoxy) is 2. The molecule has 102 valence electrons. The van der Waals surface area contributed by atoms with E-state index in [1.807, 2.05) is 0 Å². The summed E-state index contributed by atoms with van der Waals surface area (Å²) >= 11 is 0. The molecule has 0 aromatic rings. The first-order valence-electron chi connectivity index (χ1n) is 4.12. The van der Waals surface area contributed by atoms with Crippen LogP contribution < -0.4 is 0 Å². The Labute approximate surface area is 89.5 Å². The maximum absolute atomic E-state index is 12.8. The van der Waals surface area contributed by atoms with Crippen LogP contribution in [0.15, 0.2) is 0 Å². The van der Waals surface area contributed by atoms with Crippen molar-refractivity contribution >= 4 is 0 Å². The highest BCUT2D eigenvalue weighted by molar-refractivity contribution is 5.03. The summed E-state index contributed by atoms with van der Waals surface area (Å²) in [6.45, 7) is -5.51. The second kappa shape index (κ2) is 3.94. The largest absolute Gasteiger partial charge is 0.380 e. The van der Waals surface area contributed by atoms with E-state index in [1.165, 1.54) is 0 Å². The van der Waals surface area contributed by atoms with Gasteiger partial charge in [-0.3, -0.25) is 0 Å². The zero-order valence-corrected chi connectivity index (χ0v) is 7.96. The van der Waals surface area contributed by atoms with Crippen LogP contribution in [0.1, 0.15) is 0 Å². The number of hydrogen-bond donors (Lipinski definition) is 0.